The van der Waals surface area contributed by atoms with Gasteiger partial charge in [0.2, 0.25) is 0 Å². The zero-order valence-corrected chi connectivity index (χ0v) is 13.9. The summed E-state index contributed by atoms with van der Waals surface area (Å²) in [6.45, 7) is 5.86. The molecule has 1 aromatic carbocycles. The van der Waals surface area contributed by atoms with Crippen molar-refractivity contribution in [3.63, 3.8) is 0 Å². The minimum Gasteiger partial charge on any atom is -0.390 e. The lowest BCUT2D eigenvalue weighted by atomic mass is 9.89. The second-order valence-electron chi connectivity index (χ2n) is 6.10. The second-order valence-corrected chi connectivity index (χ2v) is 7.02. The Morgan fingerprint density at radius 3 is 2.60 bits per heavy atom. The van der Waals surface area contributed by atoms with Gasteiger partial charge in [-0.2, -0.15) is 0 Å². The highest BCUT2D eigenvalue weighted by Gasteiger charge is 2.33. The predicted octanol–water partition coefficient (Wildman–Crippen LogP) is 3.07. The summed E-state index contributed by atoms with van der Waals surface area (Å²) in [6.07, 6.45) is 2.58. The first-order valence-electron chi connectivity index (χ1n) is 7.40. The van der Waals surface area contributed by atoms with Crippen molar-refractivity contribution >= 4 is 15.9 Å². The van der Waals surface area contributed by atoms with Gasteiger partial charge in [0.15, 0.2) is 0 Å². The summed E-state index contributed by atoms with van der Waals surface area (Å²) < 4.78 is 1.09. The van der Waals surface area contributed by atoms with E-state index >= 15 is 0 Å². The van der Waals surface area contributed by atoms with Crippen LogP contribution >= 0.6 is 15.9 Å². The van der Waals surface area contributed by atoms with Gasteiger partial charge in [-0.15, -0.1) is 0 Å². The first-order chi connectivity index (χ1) is 9.43. The van der Waals surface area contributed by atoms with Crippen molar-refractivity contribution in [3.05, 3.63) is 34.3 Å². The monoisotopic (exact) mass is 340 g/mol. The number of halogens is 1. The summed E-state index contributed by atoms with van der Waals surface area (Å²) in [6, 6.07) is 8.76. The Labute approximate surface area is 130 Å². The lowest BCUT2D eigenvalue weighted by Gasteiger charge is -2.42. The summed E-state index contributed by atoms with van der Waals surface area (Å²) in [4.78, 5) is 2.42. The van der Waals surface area contributed by atoms with Gasteiger partial charge >= 0.3 is 0 Å². The van der Waals surface area contributed by atoms with Crippen molar-refractivity contribution in [1.29, 1.82) is 0 Å². The van der Waals surface area contributed by atoms with Gasteiger partial charge in [0.05, 0.1) is 5.60 Å². The summed E-state index contributed by atoms with van der Waals surface area (Å²) in [5.41, 5.74) is 7.12. The number of nitrogens with zero attached hydrogens (tertiary/aromatic N) is 1. The van der Waals surface area contributed by atoms with E-state index in [1.54, 1.807) is 0 Å². The molecule has 1 fully saturated rings. The van der Waals surface area contributed by atoms with Crippen LogP contribution in [0, 0.1) is 0 Å². The molecule has 0 saturated carbocycles. The van der Waals surface area contributed by atoms with Gasteiger partial charge in [0.25, 0.3) is 0 Å². The number of rotatable bonds is 4. The number of nitrogens with two attached hydrogens (primary N) is 1. The molecule has 0 spiro atoms. The third kappa shape index (κ3) is 3.82. The van der Waals surface area contributed by atoms with Gasteiger partial charge in [0, 0.05) is 29.6 Å². The molecule has 20 heavy (non-hydrogen) atoms. The molecule has 112 valence electrons. The topological polar surface area (TPSA) is 49.5 Å². The summed E-state index contributed by atoms with van der Waals surface area (Å²) in [5.74, 6) is 0. The van der Waals surface area contributed by atoms with Crippen LogP contribution in [0.3, 0.4) is 0 Å². The Morgan fingerprint density at radius 2 is 2.05 bits per heavy atom. The first kappa shape index (κ1) is 16.0. The van der Waals surface area contributed by atoms with Crippen LogP contribution in [0.4, 0.5) is 0 Å². The molecule has 0 bridgehead atoms. The molecule has 2 atom stereocenters. The van der Waals surface area contributed by atoms with E-state index in [1.165, 1.54) is 5.56 Å². The molecule has 0 amide bonds. The predicted molar refractivity (Wildman–Crippen MR) is 86.6 cm³/mol. The number of benzene rings is 1. The average Bonchev–Trinajstić information content (AvgIpc) is 2.41. The van der Waals surface area contributed by atoms with Crippen molar-refractivity contribution in [1.82, 2.24) is 4.90 Å². The van der Waals surface area contributed by atoms with Gasteiger partial charge < -0.3 is 10.8 Å². The quantitative estimate of drug-likeness (QED) is 0.885. The van der Waals surface area contributed by atoms with Gasteiger partial charge in [-0.3, -0.25) is 4.90 Å². The standard InChI is InChI=1S/C16H25BrN2O/c1-3-14(18)15(12-5-4-6-13(17)11-12)19-9-7-16(2,20)8-10-19/h4-6,11,14-15,20H,3,7-10,18H2,1-2H3. The maximum Gasteiger partial charge on any atom is 0.0644 e. The number of hydrogen-bond donors (Lipinski definition) is 2. The number of piperidine rings is 1. The molecule has 2 rings (SSSR count). The molecule has 0 aliphatic carbocycles. The van der Waals surface area contributed by atoms with E-state index in [2.05, 4.69) is 46.0 Å². The molecular formula is C16H25BrN2O. The molecule has 4 heteroatoms. The summed E-state index contributed by atoms with van der Waals surface area (Å²) >= 11 is 3.54. The molecule has 1 aliphatic rings. The van der Waals surface area contributed by atoms with E-state index in [0.29, 0.717) is 0 Å². The molecule has 2 unspecified atom stereocenters. The van der Waals surface area contributed by atoms with Crippen molar-refractivity contribution in [2.45, 2.75) is 50.8 Å². The highest BCUT2D eigenvalue weighted by Crippen LogP contribution is 2.32. The van der Waals surface area contributed by atoms with Crippen LogP contribution < -0.4 is 5.73 Å². The minimum atomic E-state index is -0.519. The zero-order chi connectivity index (χ0) is 14.8. The molecule has 1 heterocycles. The van der Waals surface area contributed by atoms with Crippen molar-refractivity contribution in [2.24, 2.45) is 5.73 Å². The molecule has 1 aliphatic heterocycles. The van der Waals surface area contributed by atoms with Crippen LogP contribution in [0.5, 0.6) is 0 Å². The number of hydrogen-bond acceptors (Lipinski definition) is 3. The largest absolute Gasteiger partial charge is 0.390 e. The van der Waals surface area contributed by atoms with Crippen LogP contribution in [-0.4, -0.2) is 34.7 Å². The maximum absolute atomic E-state index is 10.1. The fourth-order valence-corrected chi connectivity index (χ4v) is 3.34. The Balaban J connectivity index is 2.21. The van der Waals surface area contributed by atoms with E-state index in [-0.39, 0.29) is 12.1 Å². The highest BCUT2D eigenvalue weighted by atomic mass is 79.9. The van der Waals surface area contributed by atoms with Crippen LogP contribution in [0.2, 0.25) is 0 Å². The van der Waals surface area contributed by atoms with Crippen LogP contribution in [0.25, 0.3) is 0 Å². The van der Waals surface area contributed by atoms with Crippen molar-refractivity contribution in [3.8, 4) is 0 Å². The second kappa shape index (κ2) is 6.56. The zero-order valence-electron chi connectivity index (χ0n) is 12.3. The van der Waals surface area contributed by atoms with Gasteiger partial charge in [-0.25, -0.2) is 0 Å². The third-order valence-electron chi connectivity index (χ3n) is 4.34. The smallest absolute Gasteiger partial charge is 0.0644 e. The number of aliphatic hydroxyl groups is 1. The lowest BCUT2D eigenvalue weighted by molar-refractivity contribution is -0.0202. The van der Waals surface area contributed by atoms with Gasteiger partial charge in [0.1, 0.15) is 0 Å². The first-order valence-corrected chi connectivity index (χ1v) is 8.20. The Bertz CT molecular complexity index is 440. The van der Waals surface area contributed by atoms with Crippen molar-refractivity contribution in [2.75, 3.05) is 13.1 Å². The van der Waals surface area contributed by atoms with E-state index in [9.17, 15) is 5.11 Å². The average molecular weight is 341 g/mol. The molecule has 0 aromatic heterocycles. The SMILES string of the molecule is CCC(N)C(c1cccc(Br)c1)N1CCC(C)(O)CC1. The van der Waals surface area contributed by atoms with E-state index < -0.39 is 5.60 Å². The third-order valence-corrected chi connectivity index (χ3v) is 4.83. The molecule has 3 nitrogen and oxygen atoms in total. The lowest BCUT2D eigenvalue weighted by Crippen LogP contribution is -2.48. The van der Waals surface area contributed by atoms with E-state index in [1.807, 2.05) is 13.0 Å². The summed E-state index contributed by atoms with van der Waals surface area (Å²) in [7, 11) is 0. The van der Waals surface area contributed by atoms with E-state index in [0.717, 1.165) is 36.8 Å². The molecule has 1 saturated heterocycles. The fraction of sp³-hybridized carbons (Fsp3) is 0.625. The Hall–Kier alpha value is -0.420. The van der Waals surface area contributed by atoms with Gasteiger partial charge in [-0.05, 0) is 43.9 Å². The highest BCUT2D eigenvalue weighted by molar-refractivity contribution is 9.10. The fourth-order valence-electron chi connectivity index (χ4n) is 2.93. The maximum atomic E-state index is 10.1. The summed E-state index contributed by atoms with van der Waals surface area (Å²) in [5, 5.41) is 10.1. The van der Waals surface area contributed by atoms with Crippen LogP contribution in [0.15, 0.2) is 28.7 Å². The normalized spacial score (nSPS) is 22.4. The van der Waals surface area contributed by atoms with Crippen LogP contribution in [-0.2, 0) is 0 Å². The van der Waals surface area contributed by atoms with Crippen molar-refractivity contribution < 1.29 is 5.11 Å². The molecule has 0 radical (unpaired) electrons. The Morgan fingerprint density at radius 1 is 1.40 bits per heavy atom. The van der Waals surface area contributed by atoms with Crippen LogP contribution in [0.1, 0.15) is 44.7 Å². The molecule has 1 aromatic rings. The number of likely N-dealkylation sites (tertiary alicyclic amines) is 1. The molecular weight excluding hydrogens is 316 g/mol. The Kier molecular flexibility index (Phi) is 5.24. The molecule has 3 N–H and O–H groups in total. The minimum absolute atomic E-state index is 0.118. The van der Waals surface area contributed by atoms with Gasteiger partial charge in [-0.1, -0.05) is 35.0 Å². The van der Waals surface area contributed by atoms with E-state index in [4.69, 9.17) is 5.73 Å².